The second-order valence-corrected chi connectivity index (χ2v) is 5.11. The number of hydrogen-bond donors (Lipinski definition) is 1. The highest BCUT2D eigenvalue weighted by molar-refractivity contribution is 5.81. The summed E-state index contributed by atoms with van der Waals surface area (Å²) >= 11 is 0. The highest BCUT2D eigenvalue weighted by atomic mass is 16.5. The number of carbonyl (C=O) groups is 1. The Hall–Kier alpha value is -1.35. The molecule has 0 aliphatic carbocycles. The van der Waals surface area contributed by atoms with E-state index in [1.54, 1.807) is 0 Å². The normalized spacial score (nSPS) is 23.2. The van der Waals surface area contributed by atoms with Crippen molar-refractivity contribution in [3.05, 3.63) is 35.9 Å². The van der Waals surface area contributed by atoms with E-state index in [1.165, 1.54) is 5.56 Å². The molecule has 1 aromatic rings. The Bertz CT molecular complexity index is 391. The monoisotopic (exact) mass is 247 g/mol. The fourth-order valence-electron chi connectivity index (χ4n) is 2.40. The molecule has 0 bridgehead atoms. The minimum Gasteiger partial charge on any atom is -0.366 e. The van der Waals surface area contributed by atoms with Crippen LogP contribution >= 0.6 is 0 Å². The molecule has 3 heteroatoms. The Morgan fingerprint density at radius 1 is 1.33 bits per heavy atom. The number of ether oxygens (including phenoxy) is 1. The van der Waals surface area contributed by atoms with E-state index in [9.17, 15) is 4.79 Å². The van der Waals surface area contributed by atoms with E-state index >= 15 is 0 Å². The lowest BCUT2D eigenvalue weighted by atomic mass is 9.85. The van der Waals surface area contributed by atoms with E-state index in [-0.39, 0.29) is 17.9 Å². The van der Waals surface area contributed by atoms with Crippen LogP contribution in [0, 0.1) is 11.8 Å². The van der Waals surface area contributed by atoms with E-state index < -0.39 is 0 Å². The zero-order chi connectivity index (χ0) is 13.0. The molecule has 18 heavy (non-hydrogen) atoms. The molecule has 0 radical (unpaired) electrons. The molecule has 0 spiro atoms. The van der Waals surface area contributed by atoms with Gasteiger partial charge in [0.15, 0.2) is 0 Å². The third kappa shape index (κ3) is 3.10. The summed E-state index contributed by atoms with van der Waals surface area (Å²) < 4.78 is 5.60. The molecule has 1 heterocycles. The van der Waals surface area contributed by atoms with Crippen molar-refractivity contribution in [1.29, 1.82) is 0 Å². The number of morpholine rings is 1. The number of amides is 1. The molecule has 1 amide bonds. The molecule has 1 N–H and O–H groups in total. The fourth-order valence-corrected chi connectivity index (χ4v) is 2.40. The van der Waals surface area contributed by atoms with Gasteiger partial charge in [0, 0.05) is 6.54 Å². The van der Waals surface area contributed by atoms with Gasteiger partial charge in [0.1, 0.15) is 6.10 Å². The van der Waals surface area contributed by atoms with Crippen LogP contribution in [-0.4, -0.2) is 25.2 Å². The van der Waals surface area contributed by atoms with Crippen LogP contribution in [0.25, 0.3) is 0 Å². The summed E-state index contributed by atoms with van der Waals surface area (Å²) in [5.41, 5.74) is 1.31. The van der Waals surface area contributed by atoms with E-state index in [0.717, 1.165) is 6.42 Å². The molecule has 3 atom stereocenters. The van der Waals surface area contributed by atoms with E-state index in [0.29, 0.717) is 19.1 Å². The van der Waals surface area contributed by atoms with Crippen molar-refractivity contribution in [2.24, 2.45) is 11.8 Å². The van der Waals surface area contributed by atoms with Gasteiger partial charge in [0.2, 0.25) is 5.91 Å². The van der Waals surface area contributed by atoms with E-state index in [4.69, 9.17) is 4.74 Å². The summed E-state index contributed by atoms with van der Waals surface area (Å²) in [6.45, 7) is 5.54. The first-order valence-electron chi connectivity index (χ1n) is 6.61. The van der Waals surface area contributed by atoms with Gasteiger partial charge in [0.25, 0.3) is 0 Å². The minimum absolute atomic E-state index is 0.0358. The predicted molar refractivity (Wildman–Crippen MR) is 71.2 cm³/mol. The van der Waals surface area contributed by atoms with Gasteiger partial charge in [-0.05, 0) is 23.8 Å². The summed E-state index contributed by atoms with van der Waals surface area (Å²) in [5, 5.41) is 2.87. The highest BCUT2D eigenvalue weighted by Crippen LogP contribution is 2.23. The minimum atomic E-state index is -0.294. The van der Waals surface area contributed by atoms with Crippen LogP contribution in [0.15, 0.2) is 30.3 Å². The molecule has 1 aromatic carbocycles. The second-order valence-electron chi connectivity index (χ2n) is 5.11. The van der Waals surface area contributed by atoms with Crippen molar-refractivity contribution < 1.29 is 9.53 Å². The standard InChI is InChI=1S/C15H21NO2/c1-11(10-13-6-4-3-5-7-13)12(2)14-15(17)16-8-9-18-14/h3-7,11-12,14H,8-10H2,1-2H3,(H,16,17)/t11?,12-,14-/m0/s1. The number of rotatable bonds is 4. The molecule has 98 valence electrons. The lowest BCUT2D eigenvalue weighted by molar-refractivity contribution is -0.142. The van der Waals surface area contributed by atoms with Crippen LogP contribution in [-0.2, 0) is 16.0 Å². The Labute approximate surface area is 109 Å². The van der Waals surface area contributed by atoms with Gasteiger partial charge < -0.3 is 10.1 Å². The number of benzene rings is 1. The van der Waals surface area contributed by atoms with E-state index in [1.807, 2.05) is 6.07 Å². The van der Waals surface area contributed by atoms with Crippen LogP contribution < -0.4 is 5.32 Å². The first-order valence-corrected chi connectivity index (χ1v) is 6.61. The highest BCUT2D eigenvalue weighted by Gasteiger charge is 2.31. The summed E-state index contributed by atoms with van der Waals surface area (Å²) in [6, 6.07) is 10.4. The zero-order valence-corrected chi connectivity index (χ0v) is 11.1. The Balaban J connectivity index is 1.95. The molecule has 0 saturated carbocycles. The summed E-state index contributed by atoms with van der Waals surface area (Å²) in [4.78, 5) is 11.8. The molecule has 1 aliphatic heterocycles. The fraction of sp³-hybridized carbons (Fsp3) is 0.533. The molecule has 1 fully saturated rings. The van der Waals surface area contributed by atoms with Crippen LogP contribution in [0.2, 0.25) is 0 Å². The average Bonchev–Trinajstić information content (AvgIpc) is 2.39. The Kier molecular flexibility index (Phi) is 4.37. The molecule has 3 nitrogen and oxygen atoms in total. The maximum Gasteiger partial charge on any atom is 0.249 e. The van der Waals surface area contributed by atoms with Crippen LogP contribution in [0.1, 0.15) is 19.4 Å². The van der Waals surface area contributed by atoms with Gasteiger partial charge in [-0.2, -0.15) is 0 Å². The second kappa shape index (κ2) is 6.01. The summed E-state index contributed by atoms with van der Waals surface area (Å²) in [5.74, 6) is 0.681. The van der Waals surface area contributed by atoms with Crippen LogP contribution in [0.3, 0.4) is 0 Å². The van der Waals surface area contributed by atoms with Crippen molar-refractivity contribution >= 4 is 5.91 Å². The van der Waals surface area contributed by atoms with E-state index in [2.05, 4.69) is 43.4 Å². The first kappa shape index (κ1) is 13.1. The molecular weight excluding hydrogens is 226 g/mol. The van der Waals surface area contributed by atoms with Crippen molar-refractivity contribution in [2.45, 2.75) is 26.4 Å². The molecule has 2 rings (SSSR count). The van der Waals surface area contributed by atoms with Gasteiger partial charge in [0.05, 0.1) is 6.61 Å². The lowest BCUT2D eigenvalue weighted by Gasteiger charge is -2.31. The largest absolute Gasteiger partial charge is 0.366 e. The first-order chi connectivity index (χ1) is 8.68. The van der Waals surface area contributed by atoms with Crippen molar-refractivity contribution in [3.8, 4) is 0 Å². The zero-order valence-electron chi connectivity index (χ0n) is 11.1. The Morgan fingerprint density at radius 2 is 2.06 bits per heavy atom. The summed E-state index contributed by atoms with van der Waals surface area (Å²) in [6.07, 6.45) is 0.687. The predicted octanol–water partition coefficient (Wildman–Crippen LogP) is 2.02. The maximum absolute atomic E-state index is 11.8. The quantitative estimate of drug-likeness (QED) is 0.884. The average molecular weight is 247 g/mol. The van der Waals surface area contributed by atoms with Gasteiger partial charge in [-0.3, -0.25) is 4.79 Å². The molecule has 1 saturated heterocycles. The molecule has 1 unspecified atom stereocenters. The van der Waals surface area contributed by atoms with Gasteiger partial charge in [-0.25, -0.2) is 0 Å². The smallest absolute Gasteiger partial charge is 0.249 e. The van der Waals surface area contributed by atoms with Crippen molar-refractivity contribution in [2.75, 3.05) is 13.2 Å². The topological polar surface area (TPSA) is 38.3 Å². The van der Waals surface area contributed by atoms with Crippen molar-refractivity contribution in [1.82, 2.24) is 5.32 Å². The molecule has 0 aromatic heterocycles. The van der Waals surface area contributed by atoms with Crippen LogP contribution in [0.5, 0.6) is 0 Å². The third-order valence-electron chi connectivity index (χ3n) is 3.73. The maximum atomic E-state index is 11.8. The Morgan fingerprint density at radius 3 is 2.72 bits per heavy atom. The SMILES string of the molecule is CC(Cc1ccccc1)[C@H](C)[C@@H]1OCCNC1=O. The third-order valence-corrected chi connectivity index (χ3v) is 3.73. The van der Waals surface area contributed by atoms with Crippen LogP contribution in [0.4, 0.5) is 0 Å². The number of carbonyl (C=O) groups excluding carboxylic acids is 1. The van der Waals surface area contributed by atoms with Crippen molar-refractivity contribution in [3.63, 3.8) is 0 Å². The van der Waals surface area contributed by atoms with Gasteiger partial charge in [-0.15, -0.1) is 0 Å². The summed E-state index contributed by atoms with van der Waals surface area (Å²) in [7, 11) is 0. The van der Waals surface area contributed by atoms with Gasteiger partial charge >= 0.3 is 0 Å². The number of nitrogens with one attached hydrogen (secondary N) is 1. The van der Waals surface area contributed by atoms with Gasteiger partial charge in [-0.1, -0.05) is 44.2 Å². The number of hydrogen-bond acceptors (Lipinski definition) is 2. The lowest BCUT2D eigenvalue weighted by Crippen LogP contribution is -2.48. The molecule has 1 aliphatic rings. The molecular formula is C15H21NO2.